The highest BCUT2D eigenvalue weighted by molar-refractivity contribution is 5.79. The number of aliphatic carboxylic acids is 1. The van der Waals surface area contributed by atoms with Crippen LogP contribution in [0.2, 0.25) is 0 Å². The van der Waals surface area contributed by atoms with Crippen molar-refractivity contribution in [3.63, 3.8) is 0 Å². The molecule has 0 N–H and O–H groups in total. The molecule has 0 aliphatic rings. The number of carbonyl (C=O) groups is 1. The van der Waals surface area contributed by atoms with Crippen molar-refractivity contribution in [3.05, 3.63) is 69.6 Å². The second-order valence-corrected chi connectivity index (χ2v) is 5.96. The van der Waals surface area contributed by atoms with Gasteiger partial charge in [-0.3, -0.25) is 0 Å². The number of hydrogen-bond acceptors (Lipinski definition) is 3. The summed E-state index contributed by atoms with van der Waals surface area (Å²) in [6.07, 6.45) is 7.45. The van der Waals surface area contributed by atoms with Crippen LogP contribution in [0.25, 0.3) is 6.08 Å². The molecule has 0 spiro atoms. The van der Waals surface area contributed by atoms with Crippen molar-refractivity contribution >= 4 is 12.0 Å². The Bertz CT molecular complexity index is 781. The molecule has 25 heavy (non-hydrogen) atoms. The molecule has 0 heterocycles. The van der Waals surface area contributed by atoms with Crippen molar-refractivity contribution < 1.29 is 19.0 Å². The molecule has 0 unspecified atom stereocenters. The number of aryl methyl sites for hydroxylation is 1. The predicted molar refractivity (Wildman–Crippen MR) is 98.0 cm³/mol. The number of methoxy groups -OCH3 is 1. The van der Waals surface area contributed by atoms with E-state index >= 15 is 0 Å². The second kappa shape index (κ2) is 9.02. The lowest BCUT2D eigenvalue weighted by atomic mass is 9.96. The maximum absolute atomic E-state index is 13.8. The second-order valence-electron chi connectivity index (χ2n) is 5.96. The summed E-state index contributed by atoms with van der Waals surface area (Å²) in [7, 11) is 1.65. The number of benzene rings is 1. The highest BCUT2D eigenvalue weighted by atomic mass is 19.1. The van der Waals surface area contributed by atoms with Gasteiger partial charge in [-0.2, -0.15) is 0 Å². The van der Waals surface area contributed by atoms with E-state index in [2.05, 4.69) is 0 Å². The molecule has 0 saturated carbocycles. The molecule has 3 nitrogen and oxygen atoms in total. The van der Waals surface area contributed by atoms with Gasteiger partial charge in [0.05, 0.1) is 13.1 Å². The lowest BCUT2D eigenvalue weighted by Gasteiger charge is -2.13. The Balaban J connectivity index is 3.06. The van der Waals surface area contributed by atoms with Crippen molar-refractivity contribution in [3.8, 4) is 5.75 Å². The van der Waals surface area contributed by atoms with E-state index in [0.717, 1.165) is 39.7 Å². The normalized spacial score (nSPS) is 13.5. The summed E-state index contributed by atoms with van der Waals surface area (Å²) in [5, 5.41) is 10.4. The molecule has 0 atom stereocenters. The molecule has 1 aromatic carbocycles. The SMILES string of the molecule is COc1cc(C)c(/C=C/C(C)=C/C=C(F)/C(C)=C/C(=O)[O-])c(C)c1C. The van der Waals surface area contributed by atoms with Crippen LogP contribution in [0, 0.1) is 20.8 Å². The summed E-state index contributed by atoms with van der Waals surface area (Å²) in [6, 6.07) is 1.99. The number of carboxylic acids is 1. The molecule has 0 fully saturated rings. The fourth-order valence-corrected chi connectivity index (χ4v) is 2.39. The zero-order valence-corrected chi connectivity index (χ0v) is 15.6. The van der Waals surface area contributed by atoms with Gasteiger partial charge >= 0.3 is 0 Å². The number of allylic oxidation sites excluding steroid dienone is 6. The van der Waals surface area contributed by atoms with Crippen LogP contribution in [0.1, 0.15) is 36.1 Å². The van der Waals surface area contributed by atoms with E-state index in [1.165, 1.54) is 13.0 Å². The molecule has 0 saturated heterocycles. The smallest absolute Gasteiger partial charge is 0.126 e. The Morgan fingerprint density at radius 2 is 1.80 bits per heavy atom. The van der Waals surface area contributed by atoms with E-state index in [0.29, 0.717) is 0 Å². The van der Waals surface area contributed by atoms with Gasteiger partial charge in [0.1, 0.15) is 11.6 Å². The van der Waals surface area contributed by atoms with Gasteiger partial charge in [0.15, 0.2) is 0 Å². The Morgan fingerprint density at radius 3 is 2.36 bits per heavy atom. The van der Waals surface area contributed by atoms with Gasteiger partial charge in [-0.25, -0.2) is 4.39 Å². The number of hydrogen-bond donors (Lipinski definition) is 0. The topological polar surface area (TPSA) is 49.4 Å². The standard InChI is InChI=1S/C21H25FO3/c1-13(8-10-19(22)15(3)12-21(23)24)7-9-18-14(2)11-20(25-6)17(5)16(18)4/h7-12H,1-6H3,(H,23,24)/p-1/b9-7+,13-8+,15-12+,19-10-. The summed E-state index contributed by atoms with van der Waals surface area (Å²) < 4.78 is 19.1. The zero-order chi connectivity index (χ0) is 19.1. The molecular weight excluding hydrogens is 319 g/mol. The Morgan fingerprint density at radius 1 is 1.16 bits per heavy atom. The Kier molecular flexibility index (Phi) is 7.37. The maximum atomic E-state index is 13.8. The fourth-order valence-electron chi connectivity index (χ4n) is 2.39. The molecule has 0 amide bonds. The van der Waals surface area contributed by atoms with E-state index in [4.69, 9.17) is 4.74 Å². The van der Waals surface area contributed by atoms with Crippen LogP contribution in [-0.4, -0.2) is 13.1 Å². The van der Waals surface area contributed by atoms with Crippen LogP contribution >= 0.6 is 0 Å². The third kappa shape index (κ3) is 5.75. The van der Waals surface area contributed by atoms with Gasteiger partial charge in [-0.15, -0.1) is 0 Å². The zero-order valence-electron chi connectivity index (χ0n) is 15.6. The lowest BCUT2D eigenvalue weighted by Crippen LogP contribution is -2.19. The monoisotopic (exact) mass is 343 g/mol. The number of carbonyl (C=O) groups excluding carboxylic acids is 1. The van der Waals surface area contributed by atoms with Gasteiger partial charge in [0.2, 0.25) is 0 Å². The fraction of sp³-hybridized carbons (Fsp3) is 0.286. The van der Waals surface area contributed by atoms with Crippen molar-refractivity contribution in [1.82, 2.24) is 0 Å². The van der Waals surface area contributed by atoms with Gasteiger partial charge in [0.25, 0.3) is 0 Å². The van der Waals surface area contributed by atoms with Crippen molar-refractivity contribution in [2.75, 3.05) is 7.11 Å². The third-order valence-electron chi connectivity index (χ3n) is 4.04. The van der Waals surface area contributed by atoms with E-state index in [-0.39, 0.29) is 5.57 Å². The van der Waals surface area contributed by atoms with Crippen LogP contribution in [0.4, 0.5) is 4.39 Å². The summed E-state index contributed by atoms with van der Waals surface area (Å²) in [5.41, 5.74) is 5.27. The molecule has 1 aromatic rings. The van der Waals surface area contributed by atoms with Crippen LogP contribution in [0.3, 0.4) is 0 Å². The minimum atomic E-state index is -1.41. The van der Waals surface area contributed by atoms with Crippen molar-refractivity contribution in [2.24, 2.45) is 0 Å². The van der Waals surface area contributed by atoms with Crippen molar-refractivity contribution in [1.29, 1.82) is 0 Å². The highest BCUT2D eigenvalue weighted by Gasteiger charge is 2.08. The van der Waals surface area contributed by atoms with Gasteiger partial charge < -0.3 is 14.6 Å². The summed E-state index contributed by atoms with van der Waals surface area (Å²) in [5.74, 6) is -1.16. The molecule has 0 aliphatic carbocycles. The average Bonchev–Trinajstić information content (AvgIpc) is 2.54. The van der Waals surface area contributed by atoms with Crippen LogP contribution in [0.15, 0.2) is 47.3 Å². The first-order valence-electron chi connectivity index (χ1n) is 7.94. The molecular formula is C21H24FO3-. The maximum Gasteiger partial charge on any atom is 0.126 e. The van der Waals surface area contributed by atoms with Crippen molar-refractivity contribution in [2.45, 2.75) is 34.6 Å². The highest BCUT2D eigenvalue weighted by Crippen LogP contribution is 2.28. The van der Waals surface area contributed by atoms with E-state index in [1.807, 2.05) is 45.9 Å². The van der Waals surface area contributed by atoms with Gasteiger partial charge in [0, 0.05) is 0 Å². The van der Waals surface area contributed by atoms with E-state index in [1.54, 1.807) is 13.2 Å². The number of rotatable bonds is 6. The summed E-state index contributed by atoms with van der Waals surface area (Å²) in [4.78, 5) is 10.4. The Labute approximate surface area is 148 Å². The first kappa shape index (κ1) is 20.4. The summed E-state index contributed by atoms with van der Waals surface area (Å²) >= 11 is 0. The van der Waals surface area contributed by atoms with E-state index in [9.17, 15) is 14.3 Å². The lowest BCUT2D eigenvalue weighted by molar-refractivity contribution is -0.297. The quantitative estimate of drug-likeness (QED) is 0.576. The van der Waals surface area contributed by atoms with Gasteiger partial charge in [-0.1, -0.05) is 23.8 Å². The number of carboxylic acid groups (broad SMARTS) is 1. The van der Waals surface area contributed by atoms with E-state index < -0.39 is 11.8 Å². The first-order chi connectivity index (χ1) is 11.7. The number of halogens is 1. The van der Waals surface area contributed by atoms with Crippen LogP contribution in [-0.2, 0) is 4.79 Å². The molecule has 1 rings (SSSR count). The number of ether oxygens (including phenoxy) is 1. The average molecular weight is 343 g/mol. The van der Waals surface area contributed by atoms with Gasteiger partial charge in [-0.05, 0) is 80.7 Å². The molecule has 0 aromatic heterocycles. The Hall–Kier alpha value is -2.62. The molecule has 0 aliphatic heterocycles. The summed E-state index contributed by atoms with van der Waals surface area (Å²) in [6.45, 7) is 9.30. The first-order valence-corrected chi connectivity index (χ1v) is 7.94. The largest absolute Gasteiger partial charge is 0.545 e. The molecule has 0 bridgehead atoms. The molecule has 134 valence electrons. The minimum Gasteiger partial charge on any atom is -0.545 e. The third-order valence-corrected chi connectivity index (χ3v) is 4.04. The molecule has 0 radical (unpaired) electrons. The van der Waals surface area contributed by atoms with Crippen LogP contribution in [0.5, 0.6) is 5.75 Å². The molecule has 4 heteroatoms. The minimum absolute atomic E-state index is 0.0190. The van der Waals surface area contributed by atoms with Crippen LogP contribution < -0.4 is 9.84 Å². The predicted octanol–water partition coefficient (Wildman–Crippen LogP) is 4.13.